The van der Waals surface area contributed by atoms with E-state index < -0.39 is 0 Å². The van der Waals surface area contributed by atoms with E-state index in [-0.39, 0.29) is 0 Å². The zero-order valence-electron chi connectivity index (χ0n) is 10.9. The summed E-state index contributed by atoms with van der Waals surface area (Å²) in [5.41, 5.74) is 0.590. The highest BCUT2D eigenvalue weighted by Gasteiger charge is 2.40. The topological polar surface area (TPSA) is 0 Å². The van der Waals surface area contributed by atoms with E-state index in [0.717, 1.165) is 23.7 Å². The molecule has 1 saturated carbocycles. The molecule has 0 N–H and O–H groups in total. The Morgan fingerprint density at radius 3 is 2.07 bits per heavy atom. The van der Waals surface area contributed by atoms with Crippen LogP contribution in [0.2, 0.25) is 0 Å². The van der Waals surface area contributed by atoms with E-state index in [1.807, 2.05) is 0 Å². The first-order valence-corrected chi connectivity index (χ1v) is 6.38. The largest absolute Gasteiger partial charge is 0.0625 e. The summed E-state index contributed by atoms with van der Waals surface area (Å²) < 4.78 is 0. The maximum Gasteiger partial charge on any atom is -0.0274 e. The first kappa shape index (κ1) is 12.1. The smallest absolute Gasteiger partial charge is 0.0274 e. The second-order valence-corrected chi connectivity index (χ2v) is 6.35. The lowest BCUT2D eigenvalue weighted by Crippen LogP contribution is -2.38. The van der Waals surface area contributed by atoms with E-state index in [4.69, 9.17) is 0 Å². The van der Waals surface area contributed by atoms with Crippen molar-refractivity contribution in [3.05, 3.63) is 0 Å². The highest BCUT2D eigenvalue weighted by Crippen LogP contribution is 2.49. The Kier molecular flexibility index (Phi) is 3.66. The predicted molar refractivity (Wildman–Crippen MR) is 64.3 cm³/mol. The molecule has 0 aromatic carbocycles. The Labute approximate surface area is 90.5 Å². The van der Waals surface area contributed by atoms with Crippen LogP contribution in [-0.2, 0) is 0 Å². The minimum atomic E-state index is 0.590. The number of hydrogen-bond acceptors (Lipinski definition) is 0. The van der Waals surface area contributed by atoms with Gasteiger partial charge < -0.3 is 0 Å². The van der Waals surface area contributed by atoms with E-state index >= 15 is 0 Å². The molecular weight excluding hydrogens is 168 g/mol. The zero-order chi connectivity index (χ0) is 10.9. The fraction of sp³-hybridized carbons (Fsp3) is 1.00. The summed E-state index contributed by atoms with van der Waals surface area (Å²) in [6.45, 7) is 14.6. The SMILES string of the molecule is CC(C)C1CCC(C)C(C)(C(C)C)C1. The van der Waals surface area contributed by atoms with Crippen molar-refractivity contribution >= 4 is 0 Å². The van der Waals surface area contributed by atoms with Crippen LogP contribution < -0.4 is 0 Å². The maximum atomic E-state index is 2.51. The molecule has 14 heavy (non-hydrogen) atoms. The molecule has 1 aliphatic carbocycles. The molecule has 0 aromatic heterocycles. The Hall–Kier alpha value is 0. The molecule has 0 radical (unpaired) electrons. The van der Waals surface area contributed by atoms with E-state index in [1.54, 1.807) is 0 Å². The second-order valence-electron chi connectivity index (χ2n) is 6.35. The first-order chi connectivity index (χ1) is 6.38. The molecule has 0 nitrogen and oxygen atoms in total. The Morgan fingerprint density at radius 1 is 1.07 bits per heavy atom. The van der Waals surface area contributed by atoms with Gasteiger partial charge in [0.05, 0.1) is 0 Å². The van der Waals surface area contributed by atoms with E-state index in [0.29, 0.717) is 5.41 Å². The molecule has 0 amide bonds. The third-order valence-electron chi connectivity index (χ3n) is 5.06. The Balaban J connectivity index is 2.73. The lowest BCUT2D eigenvalue weighted by molar-refractivity contribution is 0.0253. The normalized spacial score (nSPS) is 39.4. The van der Waals surface area contributed by atoms with Gasteiger partial charge in [0.1, 0.15) is 0 Å². The molecular formula is C14H28. The monoisotopic (exact) mass is 196 g/mol. The standard InChI is InChI=1S/C14H28/c1-10(2)13-8-7-12(5)14(6,9-13)11(3)4/h10-13H,7-9H2,1-6H3. The third-order valence-corrected chi connectivity index (χ3v) is 5.06. The van der Waals surface area contributed by atoms with Gasteiger partial charge in [0.15, 0.2) is 0 Å². The van der Waals surface area contributed by atoms with Crippen LogP contribution in [0.15, 0.2) is 0 Å². The fourth-order valence-electron chi connectivity index (χ4n) is 3.04. The van der Waals surface area contributed by atoms with Crippen molar-refractivity contribution in [3.63, 3.8) is 0 Å². The molecule has 0 bridgehead atoms. The Bertz CT molecular complexity index is 180. The first-order valence-electron chi connectivity index (χ1n) is 6.38. The van der Waals surface area contributed by atoms with Crippen molar-refractivity contribution in [1.82, 2.24) is 0 Å². The van der Waals surface area contributed by atoms with Crippen LogP contribution >= 0.6 is 0 Å². The molecule has 1 aliphatic rings. The fourth-order valence-corrected chi connectivity index (χ4v) is 3.04. The van der Waals surface area contributed by atoms with Gasteiger partial charge in [0, 0.05) is 0 Å². The van der Waals surface area contributed by atoms with Crippen LogP contribution in [0.3, 0.4) is 0 Å². The van der Waals surface area contributed by atoms with E-state index in [2.05, 4.69) is 41.5 Å². The molecule has 0 saturated heterocycles. The summed E-state index contributed by atoms with van der Waals surface area (Å²) >= 11 is 0. The van der Waals surface area contributed by atoms with Gasteiger partial charge >= 0.3 is 0 Å². The molecule has 84 valence electrons. The van der Waals surface area contributed by atoms with Crippen LogP contribution in [0.1, 0.15) is 60.8 Å². The van der Waals surface area contributed by atoms with Crippen LogP contribution in [-0.4, -0.2) is 0 Å². The van der Waals surface area contributed by atoms with Gasteiger partial charge in [-0.25, -0.2) is 0 Å². The molecule has 1 rings (SSSR count). The van der Waals surface area contributed by atoms with Gasteiger partial charge in [0.2, 0.25) is 0 Å². The van der Waals surface area contributed by atoms with Crippen molar-refractivity contribution in [3.8, 4) is 0 Å². The number of hydrogen-bond donors (Lipinski definition) is 0. The average molecular weight is 196 g/mol. The molecule has 3 atom stereocenters. The van der Waals surface area contributed by atoms with Crippen molar-refractivity contribution in [2.24, 2.45) is 29.1 Å². The van der Waals surface area contributed by atoms with Crippen LogP contribution in [0.5, 0.6) is 0 Å². The molecule has 0 aliphatic heterocycles. The third kappa shape index (κ3) is 2.15. The minimum Gasteiger partial charge on any atom is -0.0625 e. The van der Waals surface area contributed by atoms with Gasteiger partial charge in [-0.1, -0.05) is 41.5 Å². The summed E-state index contributed by atoms with van der Waals surface area (Å²) in [5.74, 6) is 3.59. The maximum absolute atomic E-state index is 2.51. The highest BCUT2D eigenvalue weighted by molar-refractivity contribution is 4.90. The summed E-state index contributed by atoms with van der Waals surface area (Å²) in [6.07, 6.45) is 4.35. The summed E-state index contributed by atoms with van der Waals surface area (Å²) in [4.78, 5) is 0. The Morgan fingerprint density at radius 2 is 1.64 bits per heavy atom. The van der Waals surface area contributed by atoms with Crippen molar-refractivity contribution < 1.29 is 0 Å². The summed E-state index contributed by atoms with van der Waals surface area (Å²) in [6, 6.07) is 0. The molecule has 1 fully saturated rings. The molecule has 0 spiro atoms. The lowest BCUT2D eigenvalue weighted by Gasteiger charge is -2.47. The zero-order valence-corrected chi connectivity index (χ0v) is 10.9. The second kappa shape index (κ2) is 4.24. The van der Waals surface area contributed by atoms with Crippen LogP contribution in [0.25, 0.3) is 0 Å². The van der Waals surface area contributed by atoms with Gasteiger partial charge in [-0.2, -0.15) is 0 Å². The van der Waals surface area contributed by atoms with Gasteiger partial charge in [-0.3, -0.25) is 0 Å². The van der Waals surface area contributed by atoms with Crippen LogP contribution in [0.4, 0.5) is 0 Å². The van der Waals surface area contributed by atoms with Crippen molar-refractivity contribution in [1.29, 1.82) is 0 Å². The molecule has 0 aromatic rings. The molecule has 0 heteroatoms. The van der Waals surface area contributed by atoms with Crippen molar-refractivity contribution in [2.75, 3.05) is 0 Å². The summed E-state index contributed by atoms with van der Waals surface area (Å²) in [5, 5.41) is 0. The lowest BCUT2D eigenvalue weighted by atomic mass is 9.58. The highest BCUT2D eigenvalue weighted by atomic mass is 14.5. The molecule has 0 heterocycles. The van der Waals surface area contributed by atoms with E-state index in [9.17, 15) is 0 Å². The minimum absolute atomic E-state index is 0.590. The quantitative estimate of drug-likeness (QED) is 0.598. The van der Waals surface area contributed by atoms with Crippen molar-refractivity contribution in [2.45, 2.75) is 60.8 Å². The predicted octanol–water partition coefficient (Wildman–Crippen LogP) is 4.74. The van der Waals surface area contributed by atoms with Gasteiger partial charge in [-0.05, 0) is 48.3 Å². The van der Waals surface area contributed by atoms with E-state index in [1.165, 1.54) is 19.3 Å². The number of rotatable bonds is 2. The molecule has 3 unspecified atom stereocenters. The van der Waals surface area contributed by atoms with Gasteiger partial charge in [-0.15, -0.1) is 0 Å². The van der Waals surface area contributed by atoms with Gasteiger partial charge in [0.25, 0.3) is 0 Å². The van der Waals surface area contributed by atoms with Crippen LogP contribution in [0, 0.1) is 29.1 Å². The average Bonchev–Trinajstić information content (AvgIpc) is 2.09. The summed E-state index contributed by atoms with van der Waals surface area (Å²) in [7, 11) is 0.